The van der Waals surface area contributed by atoms with Crippen molar-refractivity contribution in [1.82, 2.24) is 19.6 Å². The quantitative estimate of drug-likeness (QED) is 0.312. The molecular weight excluding hydrogens is 452 g/mol. The molecule has 0 spiro atoms. The lowest BCUT2D eigenvalue weighted by molar-refractivity contribution is 0.0470. The van der Waals surface area contributed by atoms with Crippen LogP contribution in [0.25, 0.3) is 27.5 Å². The monoisotopic (exact) mass is 472 g/mol. The summed E-state index contributed by atoms with van der Waals surface area (Å²) in [6.07, 6.45) is 3.13. The van der Waals surface area contributed by atoms with E-state index in [2.05, 4.69) is 15.1 Å². The van der Waals surface area contributed by atoms with Crippen molar-refractivity contribution in [1.29, 1.82) is 0 Å². The van der Waals surface area contributed by atoms with Gasteiger partial charge in [-0.3, -0.25) is 0 Å². The molecule has 3 aromatic heterocycles. The van der Waals surface area contributed by atoms with Gasteiger partial charge in [0.1, 0.15) is 17.2 Å². The van der Waals surface area contributed by atoms with Crippen LogP contribution < -0.4 is 9.47 Å². The smallest absolute Gasteiger partial charge is 0.344 e. The predicted molar refractivity (Wildman–Crippen MR) is 128 cm³/mol. The second-order valence-corrected chi connectivity index (χ2v) is 8.11. The molecule has 0 amide bonds. The SMILES string of the molecule is COc1cccc(-c2nc(COC(=O)c3cnn4c(-c5ccccc5)ccnc34)cs2)c1OC. The number of methoxy groups -OCH3 is 2. The zero-order valence-electron chi connectivity index (χ0n) is 18.5. The molecule has 0 bridgehead atoms. The van der Waals surface area contributed by atoms with Gasteiger partial charge in [-0.05, 0) is 18.2 Å². The molecule has 0 unspecified atom stereocenters. The number of aromatic nitrogens is 4. The van der Waals surface area contributed by atoms with E-state index in [0.29, 0.717) is 28.4 Å². The Hall–Kier alpha value is -4.24. The molecular formula is C25H20N4O4S. The van der Waals surface area contributed by atoms with E-state index in [4.69, 9.17) is 14.2 Å². The highest BCUT2D eigenvalue weighted by Crippen LogP contribution is 2.39. The van der Waals surface area contributed by atoms with Crippen LogP contribution in [0.4, 0.5) is 0 Å². The fourth-order valence-corrected chi connectivity index (χ4v) is 4.46. The van der Waals surface area contributed by atoms with Crippen molar-refractivity contribution in [3.63, 3.8) is 0 Å². The molecule has 8 nitrogen and oxygen atoms in total. The summed E-state index contributed by atoms with van der Waals surface area (Å²) in [5, 5.41) is 6.96. The van der Waals surface area contributed by atoms with E-state index in [1.54, 1.807) is 24.9 Å². The lowest BCUT2D eigenvalue weighted by Crippen LogP contribution is -2.06. The number of fused-ring (bicyclic) bond motifs is 1. The second-order valence-electron chi connectivity index (χ2n) is 7.25. The number of esters is 1. The Morgan fingerprint density at radius 3 is 2.68 bits per heavy atom. The van der Waals surface area contributed by atoms with Crippen molar-refractivity contribution >= 4 is 23.0 Å². The summed E-state index contributed by atoms with van der Waals surface area (Å²) in [4.78, 5) is 21.8. The first-order chi connectivity index (χ1) is 16.7. The van der Waals surface area contributed by atoms with Gasteiger partial charge < -0.3 is 14.2 Å². The summed E-state index contributed by atoms with van der Waals surface area (Å²) in [5.74, 6) is 0.717. The maximum absolute atomic E-state index is 12.8. The molecule has 3 heterocycles. The fourth-order valence-electron chi connectivity index (χ4n) is 3.63. The van der Waals surface area contributed by atoms with Crippen LogP contribution in [0.15, 0.2) is 72.4 Å². The summed E-state index contributed by atoms with van der Waals surface area (Å²) in [5.41, 5.74) is 3.98. The average Bonchev–Trinajstić information content (AvgIpc) is 3.54. The van der Waals surface area contributed by atoms with E-state index in [-0.39, 0.29) is 6.61 Å². The number of benzene rings is 2. The zero-order chi connectivity index (χ0) is 23.5. The first-order valence-corrected chi connectivity index (χ1v) is 11.3. The molecule has 5 aromatic rings. The zero-order valence-corrected chi connectivity index (χ0v) is 19.3. The minimum atomic E-state index is -0.513. The van der Waals surface area contributed by atoms with Gasteiger partial charge in [-0.15, -0.1) is 11.3 Å². The molecule has 0 saturated carbocycles. The highest BCUT2D eigenvalue weighted by molar-refractivity contribution is 7.13. The Morgan fingerprint density at radius 2 is 1.88 bits per heavy atom. The van der Waals surface area contributed by atoms with Gasteiger partial charge in [-0.1, -0.05) is 36.4 Å². The van der Waals surface area contributed by atoms with Crippen LogP contribution in [0, 0.1) is 0 Å². The normalized spacial score (nSPS) is 10.9. The average molecular weight is 473 g/mol. The number of ether oxygens (including phenoxy) is 3. The minimum Gasteiger partial charge on any atom is -0.493 e. The van der Waals surface area contributed by atoms with Gasteiger partial charge in [0.05, 0.1) is 37.4 Å². The molecule has 0 fully saturated rings. The Morgan fingerprint density at radius 1 is 1.03 bits per heavy atom. The molecule has 9 heteroatoms. The standard InChI is InChI=1S/C25H20N4O4S/c1-31-21-10-6-9-18(22(21)32-2)24-28-17(15-34-24)14-33-25(30)19-13-27-29-20(11-12-26-23(19)29)16-7-4-3-5-8-16/h3-13,15H,14H2,1-2H3. The van der Waals surface area contributed by atoms with Gasteiger partial charge in [-0.2, -0.15) is 5.10 Å². The minimum absolute atomic E-state index is 0.0251. The number of carbonyl (C=O) groups is 1. The van der Waals surface area contributed by atoms with Crippen LogP contribution in [0.5, 0.6) is 11.5 Å². The van der Waals surface area contributed by atoms with Gasteiger partial charge in [0.15, 0.2) is 17.1 Å². The second kappa shape index (κ2) is 9.32. The molecule has 5 rings (SSSR count). The molecule has 0 radical (unpaired) electrons. The predicted octanol–water partition coefficient (Wildman–Crippen LogP) is 4.89. The molecule has 0 aliphatic carbocycles. The highest BCUT2D eigenvalue weighted by Gasteiger charge is 2.19. The number of hydrogen-bond acceptors (Lipinski definition) is 8. The molecule has 0 saturated heterocycles. The van der Waals surface area contributed by atoms with E-state index >= 15 is 0 Å². The van der Waals surface area contributed by atoms with E-state index < -0.39 is 5.97 Å². The number of para-hydroxylation sites is 1. The van der Waals surface area contributed by atoms with E-state index in [1.165, 1.54) is 17.5 Å². The van der Waals surface area contributed by atoms with Gasteiger partial charge in [0.25, 0.3) is 0 Å². The fraction of sp³-hybridized carbons (Fsp3) is 0.120. The Bertz CT molecular complexity index is 1460. The van der Waals surface area contributed by atoms with Gasteiger partial charge >= 0.3 is 5.97 Å². The molecule has 0 aliphatic heterocycles. The first-order valence-electron chi connectivity index (χ1n) is 10.4. The number of nitrogens with zero attached hydrogens (tertiary/aromatic N) is 4. The number of hydrogen-bond donors (Lipinski definition) is 0. The number of carbonyl (C=O) groups excluding carboxylic acids is 1. The van der Waals surface area contributed by atoms with Crippen molar-refractivity contribution in [3.05, 3.63) is 83.6 Å². The summed E-state index contributed by atoms with van der Waals surface area (Å²) in [7, 11) is 3.18. The van der Waals surface area contributed by atoms with Crippen LogP contribution in [-0.4, -0.2) is 39.8 Å². The third-order valence-electron chi connectivity index (χ3n) is 5.23. The topological polar surface area (TPSA) is 87.8 Å². The summed E-state index contributed by atoms with van der Waals surface area (Å²) in [6.45, 7) is 0.0251. The highest BCUT2D eigenvalue weighted by atomic mass is 32.1. The Labute approximate surface area is 199 Å². The lowest BCUT2D eigenvalue weighted by Gasteiger charge is -2.10. The Balaban J connectivity index is 1.35. The van der Waals surface area contributed by atoms with E-state index in [0.717, 1.165) is 21.8 Å². The van der Waals surface area contributed by atoms with Crippen LogP contribution in [0.2, 0.25) is 0 Å². The van der Waals surface area contributed by atoms with Crippen molar-refractivity contribution in [2.24, 2.45) is 0 Å². The first kappa shape index (κ1) is 21.6. The van der Waals surface area contributed by atoms with Crippen molar-refractivity contribution in [2.45, 2.75) is 6.61 Å². The van der Waals surface area contributed by atoms with Crippen molar-refractivity contribution in [2.75, 3.05) is 14.2 Å². The molecule has 0 N–H and O–H groups in total. The maximum atomic E-state index is 12.8. The number of rotatable bonds is 7. The molecule has 2 aromatic carbocycles. The molecule has 0 aliphatic rings. The lowest BCUT2D eigenvalue weighted by atomic mass is 10.1. The molecule has 0 atom stereocenters. The van der Waals surface area contributed by atoms with Crippen LogP contribution in [0.3, 0.4) is 0 Å². The van der Waals surface area contributed by atoms with Crippen molar-refractivity contribution < 1.29 is 19.0 Å². The van der Waals surface area contributed by atoms with E-state index in [9.17, 15) is 4.79 Å². The van der Waals surface area contributed by atoms with Gasteiger partial charge in [0.2, 0.25) is 0 Å². The van der Waals surface area contributed by atoms with Crippen LogP contribution in [0.1, 0.15) is 16.1 Å². The summed E-state index contributed by atoms with van der Waals surface area (Å²) >= 11 is 1.44. The summed E-state index contributed by atoms with van der Waals surface area (Å²) < 4.78 is 18.0. The Kier molecular flexibility index (Phi) is 5.92. The molecule has 170 valence electrons. The van der Waals surface area contributed by atoms with E-state index in [1.807, 2.05) is 60.0 Å². The third kappa shape index (κ3) is 3.97. The molecule has 34 heavy (non-hydrogen) atoms. The largest absolute Gasteiger partial charge is 0.493 e. The maximum Gasteiger partial charge on any atom is 0.344 e. The van der Waals surface area contributed by atoms with Gasteiger partial charge in [0, 0.05) is 17.1 Å². The number of thiazole rings is 1. The van der Waals surface area contributed by atoms with Crippen LogP contribution >= 0.6 is 11.3 Å². The van der Waals surface area contributed by atoms with Crippen LogP contribution in [-0.2, 0) is 11.3 Å². The van der Waals surface area contributed by atoms with Crippen molar-refractivity contribution in [3.8, 4) is 33.3 Å². The summed E-state index contributed by atoms with van der Waals surface area (Å²) in [6, 6.07) is 17.3. The van der Waals surface area contributed by atoms with Gasteiger partial charge in [-0.25, -0.2) is 19.3 Å². The third-order valence-corrected chi connectivity index (χ3v) is 6.15.